The van der Waals surface area contributed by atoms with Crippen LogP contribution in [0.3, 0.4) is 0 Å². The van der Waals surface area contributed by atoms with Gasteiger partial charge in [0, 0.05) is 19.8 Å². The van der Waals surface area contributed by atoms with Crippen LogP contribution in [-0.4, -0.2) is 26.3 Å². The zero-order chi connectivity index (χ0) is 12.1. The third kappa shape index (κ3) is 3.25. The molecule has 0 atom stereocenters. The Hall–Kier alpha value is -1.95. The molecular formula is C11H15N5O. The Balaban J connectivity index is 2.05. The molecule has 0 saturated heterocycles. The molecule has 0 aliphatic carbocycles. The molecule has 6 nitrogen and oxygen atoms in total. The number of aryl methyl sites for hydroxylation is 1. The highest BCUT2D eigenvalue weighted by atomic mass is 16.5. The zero-order valence-electron chi connectivity index (χ0n) is 9.92. The molecule has 2 heterocycles. The molecule has 0 fully saturated rings. The minimum atomic E-state index is 0.480. The molecule has 0 radical (unpaired) electrons. The summed E-state index contributed by atoms with van der Waals surface area (Å²) < 4.78 is 7.21. The van der Waals surface area contributed by atoms with Gasteiger partial charge in [-0.15, -0.1) is 0 Å². The first-order chi connectivity index (χ1) is 8.28. The number of aromatic nitrogens is 4. The molecule has 0 aromatic carbocycles. The van der Waals surface area contributed by atoms with Gasteiger partial charge in [-0.2, -0.15) is 5.10 Å². The number of rotatable bonds is 5. The minimum Gasteiger partial charge on any atom is -0.434 e. The fourth-order valence-electron chi connectivity index (χ4n) is 1.35. The van der Waals surface area contributed by atoms with Crippen molar-refractivity contribution in [3.8, 4) is 11.6 Å². The SMILES string of the molecule is CCNCc1cncc(Oc2cnn(C)c2)n1. The van der Waals surface area contributed by atoms with Crippen molar-refractivity contribution >= 4 is 0 Å². The van der Waals surface area contributed by atoms with Crippen LogP contribution in [0.25, 0.3) is 0 Å². The van der Waals surface area contributed by atoms with Gasteiger partial charge in [0.2, 0.25) is 5.88 Å². The third-order valence-electron chi connectivity index (χ3n) is 2.12. The summed E-state index contributed by atoms with van der Waals surface area (Å²) in [6.45, 7) is 3.63. The van der Waals surface area contributed by atoms with E-state index < -0.39 is 0 Å². The number of nitrogens with one attached hydrogen (secondary N) is 1. The molecule has 90 valence electrons. The topological polar surface area (TPSA) is 64.9 Å². The van der Waals surface area contributed by atoms with E-state index in [1.807, 2.05) is 14.0 Å². The summed E-state index contributed by atoms with van der Waals surface area (Å²) in [7, 11) is 1.83. The molecule has 0 spiro atoms. The Morgan fingerprint density at radius 3 is 2.94 bits per heavy atom. The summed E-state index contributed by atoms with van der Waals surface area (Å²) in [5, 5.41) is 7.20. The molecule has 6 heteroatoms. The lowest BCUT2D eigenvalue weighted by Gasteiger charge is -2.04. The molecule has 0 bridgehead atoms. The van der Waals surface area contributed by atoms with Crippen molar-refractivity contribution in [1.29, 1.82) is 0 Å². The quantitative estimate of drug-likeness (QED) is 0.838. The van der Waals surface area contributed by atoms with E-state index in [1.165, 1.54) is 0 Å². The largest absolute Gasteiger partial charge is 0.434 e. The van der Waals surface area contributed by atoms with Crippen molar-refractivity contribution in [3.63, 3.8) is 0 Å². The Kier molecular flexibility index (Phi) is 3.66. The van der Waals surface area contributed by atoms with Crippen molar-refractivity contribution in [2.24, 2.45) is 7.05 Å². The Bertz CT molecular complexity index is 482. The molecule has 0 unspecified atom stereocenters. The maximum Gasteiger partial charge on any atom is 0.238 e. The predicted molar refractivity (Wildman–Crippen MR) is 62.7 cm³/mol. The number of hydrogen-bond acceptors (Lipinski definition) is 5. The smallest absolute Gasteiger partial charge is 0.238 e. The fraction of sp³-hybridized carbons (Fsp3) is 0.364. The number of nitrogens with zero attached hydrogens (tertiary/aromatic N) is 4. The highest BCUT2D eigenvalue weighted by molar-refractivity contribution is 5.20. The monoisotopic (exact) mass is 233 g/mol. The Labute approximate surface area is 99.7 Å². The second kappa shape index (κ2) is 5.40. The molecule has 2 aromatic rings. The summed E-state index contributed by atoms with van der Waals surface area (Å²) in [5.74, 6) is 1.14. The van der Waals surface area contributed by atoms with Gasteiger partial charge >= 0.3 is 0 Å². The Morgan fingerprint density at radius 2 is 2.24 bits per heavy atom. The first-order valence-electron chi connectivity index (χ1n) is 5.46. The van der Waals surface area contributed by atoms with Crippen LogP contribution in [0.15, 0.2) is 24.8 Å². The molecule has 0 aliphatic heterocycles. The maximum absolute atomic E-state index is 5.54. The molecule has 17 heavy (non-hydrogen) atoms. The van der Waals surface area contributed by atoms with E-state index in [0.29, 0.717) is 18.2 Å². The van der Waals surface area contributed by atoms with Crippen molar-refractivity contribution in [2.75, 3.05) is 6.54 Å². The summed E-state index contributed by atoms with van der Waals surface area (Å²) in [5.41, 5.74) is 0.855. The van der Waals surface area contributed by atoms with Gasteiger partial charge in [0.15, 0.2) is 5.75 Å². The average molecular weight is 233 g/mol. The maximum atomic E-state index is 5.54. The second-order valence-electron chi connectivity index (χ2n) is 3.58. The summed E-state index contributed by atoms with van der Waals surface area (Å²) in [6.07, 6.45) is 6.72. The van der Waals surface area contributed by atoms with Crippen molar-refractivity contribution in [1.82, 2.24) is 25.1 Å². The molecule has 0 aliphatic rings. The average Bonchev–Trinajstić information content (AvgIpc) is 2.73. The van der Waals surface area contributed by atoms with Crippen molar-refractivity contribution in [3.05, 3.63) is 30.5 Å². The van der Waals surface area contributed by atoms with E-state index in [2.05, 4.69) is 20.4 Å². The molecule has 2 rings (SSSR count). The third-order valence-corrected chi connectivity index (χ3v) is 2.12. The van der Waals surface area contributed by atoms with Crippen molar-refractivity contribution < 1.29 is 4.74 Å². The van der Waals surface area contributed by atoms with E-state index in [4.69, 9.17) is 4.74 Å². The Morgan fingerprint density at radius 1 is 1.35 bits per heavy atom. The predicted octanol–water partition coefficient (Wildman–Crippen LogP) is 1.11. The number of ether oxygens (including phenoxy) is 1. The van der Waals surface area contributed by atoms with Crippen LogP contribution >= 0.6 is 0 Å². The van der Waals surface area contributed by atoms with Gasteiger partial charge in [-0.25, -0.2) is 4.98 Å². The highest BCUT2D eigenvalue weighted by Crippen LogP contribution is 2.17. The minimum absolute atomic E-state index is 0.480. The standard InChI is InChI=1S/C11H15N5O/c1-3-12-4-9-5-13-7-11(15-9)17-10-6-14-16(2)8-10/h5-8,12H,3-4H2,1-2H3. The lowest BCUT2D eigenvalue weighted by molar-refractivity contribution is 0.456. The first kappa shape index (κ1) is 11.5. The van der Waals surface area contributed by atoms with E-state index in [1.54, 1.807) is 29.5 Å². The molecule has 2 aromatic heterocycles. The summed E-state index contributed by atoms with van der Waals surface area (Å²) in [6, 6.07) is 0. The van der Waals surface area contributed by atoms with Gasteiger partial charge in [-0.05, 0) is 6.54 Å². The summed E-state index contributed by atoms with van der Waals surface area (Å²) in [4.78, 5) is 8.42. The molecule has 0 saturated carbocycles. The van der Waals surface area contributed by atoms with Gasteiger partial charge in [0.25, 0.3) is 0 Å². The van der Waals surface area contributed by atoms with Crippen LogP contribution in [0.5, 0.6) is 11.6 Å². The normalized spacial score (nSPS) is 10.5. The van der Waals surface area contributed by atoms with Crippen LogP contribution in [0, 0.1) is 0 Å². The first-order valence-corrected chi connectivity index (χ1v) is 5.46. The lowest BCUT2D eigenvalue weighted by atomic mass is 10.4. The van der Waals surface area contributed by atoms with E-state index >= 15 is 0 Å². The van der Waals surface area contributed by atoms with Crippen molar-refractivity contribution in [2.45, 2.75) is 13.5 Å². The summed E-state index contributed by atoms with van der Waals surface area (Å²) >= 11 is 0. The van der Waals surface area contributed by atoms with Crippen LogP contribution < -0.4 is 10.1 Å². The van der Waals surface area contributed by atoms with Gasteiger partial charge in [0.1, 0.15) is 0 Å². The second-order valence-corrected chi connectivity index (χ2v) is 3.58. The van der Waals surface area contributed by atoms with E-state index in [-0.39, 0.29) is 0 Å². The number of hydrogen-bond donors (Lipinski definition) is 1. The molecular weight excluding hydrogens is 218 g/mol. The van der Waals surface area contributed by atoms with Gasteiger partial charge in [0.05, 0.1) is 24.3 Å². The van der Waals surface area contributed by atoms with Crippen LogP contribution in [0.4, 0.5) is 0 Å². The van der Waals surface area contributed by atoms with E-state index in [9.17, 15) is 0 Å². The zero-order valence-corrected chi connectivity index (χ0v) is 9.92. The molecule has 1 N–H and O–H groups in total. The van der Waals surface area contributed by atoms with Gasteiger partial charge in [-0.3, -0.25) is 9.67 Å². The van der Waals surface area contributed by atoms with Crippen LogP contribution in [0.1, 0.15) is 12.6 Å². The van der Waals surface area contributed by atoms with Crippen LogP contribution in [-0.2, 0) is 13.6 Å². The van der Waals surface area contributed by atoms with Gasteiger partial charge in [-0.1, -0.05) is 6.92 Å². The van der Waals surface area contributed by atoms with Crippen LogP contribution in [0.2, 0.25) is 0 Å². The lowest BCUT2D eigenvalue weighted by Crippen LogP contribution is -2.13. The van der Waals surface area contributed by atoms with E-state index in [0.717, 1.165) is 12.2 Å². The fourth-order valence-corrected chi connectivity index (χ4v) is 1.35. The van der Waals surface area contributed by atoms with Gasteiger partial charge < -0.3 is 10.1 Å². The molecule has 0 amide bonds. The highest BCUT2D eigenvalue weighted by Gasteiger charge is 2.02.